The van der Waals surface area contributed by atoms with Gasteiger partial charge in [-0.1, -0.05) is 146 Å². The molecule has 0 heterocycles. The van der Waals surface area contributed by atoms with Crippen LogP contribution in [0.5, 0.6) is 0 Å². The summed E-state index contributed by atoms with van der Waals surface area (Å²) >= 11 is 0. The highest BCUT2D eigenvalue weighted by molar-refractivity contribution is 7.47. The molecule has 0 fully saturated rings. The molecule has 1 unspecified atom stereocenters. The first-order valence-electron chi connectivity index (χ1n) is 20.6. The summed E-state index contributed by atoms with van der Waals surface area (Å²) in [6.07, 6.45) is 30.9. The molecular formula is C42H77NO10P+. The van der Waals surface area contributed by atoms with Gasteiger partial charge in [-0.05, 0) is 32.1 Å². The average Bonchev–Trinajstić information content (AvgIpc) is 3.10. The zero-order chi connectivity index (χ0) is 40.3. The van der Waals surface area contributed by atoms with Gasteiger partial charge in [0.1, 0.15) is 19.8 Å². The van der Waals surface area contributed by atoms with E-state index in [-0.39, 0.29) is 26.1 Å². The topological polar surface area (TPSA) is 149 Å². The number of carbonyl (C=O) groups excluding carboxylic acids is 2. The molecule has 0 aliphatic rings. The number of nitrogens with zero attached hydrogens (tertiary/aromatic N) is 1. The van der Waals surface area contributed by atoms with Crippen LogP contribution in [0.2, 0.25) is 0 Å². The van der Waals surface area contributed by atoms with E-state index in [1.165, 1.54) is 44.9 Å². The number of aliphatic hydroxyl groups excluding tert-OH is 2. The Morgan fingerprint density at radius 1 is 0.648 bits per heavy atom. The molecule has 0 aromatic carbocycles. The molecule has 0 saturated carbocycles. The number of aliphatic hydroxyl groups is 2. The summed E-state index contributed by atoms with van der Waals surface area (Å²) in [5.41, 5.74) is 0. The van der Waals surface area contributed by atoms with E-state index in [1.807, 2.05) is 51.5 Å². The number of quaternary nitrogens is 1. The van der Waals surface area contributed by atoms with Gasteiger partial charge in [-0.3, -0.25) is 18.6 Å². The zero-order valence-corrected chi connectivity index (χ0v) is 35.3. The van der Waals surface area contributed by atoms with Gasteiger partial charge in [0.25, 0.3) is 0 Å². The number of hydrogen-bond acceptors (Lipinski definition) is 9. The monoisotopic (exact) mass is 787 g/mol. The lowest BCUT2D eigenvalue weighted by Crippen LogP contribution is -2.37. The summed E-state index contributed by atoms with van der Waals surface area (Å²) in [5, 5.41) is 20.1. The highest BCUT2D eigenvalue weighted by atomic mass is 31.2. The largest absolute Gasteiger partial charge is 0.472 e. The Bertz CT molecular complexity index is 1100. The lowest BCUT2D eigenvalue weighted by atomic mass is 10.1. The highest BCUT2D eigenvalue weighted by Gasteiger charge is 2.27. The van der Waals surface area contributed by atoms with Crippen molar-refractivity contribution < 1.29 is 52.3 Å². The smallest absolute Gasteiger partial charge is 0.462 e. The van der Waals surface area contributed by atoms with Gasteiger partial charge in [0, 0.05) is 12.8 Å². The van der Waals surface area contributed by atoms with Gasteiger partial charge in [-0.2, -0.15) is 0 Å². The lowest BCUT2D eigenvalue weighted by molar-refractivity contribution is -0.870. The predicted octanol–water partition coefficient (Wildman–Crippen LogP) is 9.07. The second kappa shape index (κ2) is 34.2. The van der Waals surface area contributed by atoms with Crippen LogP contribution in [0.1, 0.15) is 142 Å². The van der Waals surface area contributed by atoms with Gasteiger partial charge in [-0.15, -0.1) is 0 Å². The summed E-state index contributed by atoms with van der Waals surface area (Å²) < 4.78 is 34.0. The molecule has 0 aromatic rings. The van der Waals surface area contributed by atoms with Crippen LogP contribution in [-0.2, 0) is 32.7 Å². The van der Waals surface area contributed by atoms with Crippen LogP contribution in [0.4, 0.5) is 0 Å². The molecule has 0 saturated heterocycles. The molecule has 12 heteroatoms. The van der Waals surface area contributed by atoms with Crippen LogP contribution in [0.3, 0.4) is 0 Å². The molecule has 0 aliphatic carbocycles. The van der Waals surface area contributed by atoms with E-state index >= 15 is 0 Å². The Balaban J connectivity index is 4.63. The number of likely N-dealkylation sites (N-methyl/N-ethyl adjacent to an activating group) is 1. The van der Waals surface area contributed by atoms with Crippen molar-refractivity contribution in [3.05, 3.63) is 48.6 Å². The molecule has 4 atom stereocenters. The number of hydrogen-bond donors (Lipinski definition) is 3. The van der Waals surface area contributed by atoms with Crippen molar-refractivity contribution >= 4 is 19.8 Å². The van der Waals surface area contributed by atoms with Crippen molar-refractivity contribution in [2.24, 2.45) is 0 Å². The van der Waals surface area contributed by atoms with Gasteiger partial charge in [-0.25, -0.2) is 4.57 Å². The predicted molar refractivity (Wildman–Crippen MR) is 218 cm³/mol. The third kappa shape index (κ3) is 36.8. The normalized spacial score (nSPS) is 15.3. The minimum atomic E-state index is -4.42. The Morgan fingerprint density at radius 2 is 1.15 bits per heavy atom. The van der Waals surface area contributed by atoms with Crippen molar-refractivity contribution in [3.8, 4) is 0 Å². The van der Waals surface area contributed by atoms with Crippen molar-refractivity contribution in [2.45, 2.75) is 161 Å². The molecule has 54 heavy (non-hydrogen) atoms. The number of carbonyl (C=O) groups is 2. The Hall–Kier alpha value is -2.11. The third-order valence-electron chi connectivity index (χ3n) is 8.57. The number of ether oxygens (including phenoxy) is 2. The fourth-order valence-corrected chi connectivity index (χ4v) is 5.97. The standard InChI is InChI=1S/C42H76NO10P/c1-6-8-10-11-12-13-14-15-19-22-26-32-42(47)53-40(37-52-54(48,49)51-35-34-43(3,4)5)36-50-41(46)33-27-31-39(45)30-25-21-18-16-17-20-24-29-38(44)28-23-9-7-2/h17-18,20-21,24-25,29-30,38-40,44-45H,6-16,19,22-23,26-28,31-37H2,1-5H3/p+1/b20-17-,21-18-,29-24+,30-25+/t38-,39-,40+/m0/s1. The Labute approximate surface area is 328 Å². The molecule has 0 bridgehead atoms. The van der Waals surface area contributed by atoms with E-state index in [4.69, 9.17) is 18.5 Å². The Kier molecular flexibility index (Phi) is 32.8. The maximum atomic E-state index is 12.6. The van der Waals surface area contributed by atoms with Gasteiger partial charge in [0.2, 0.25) is 0 Å². The zero-order valence-electron chi connectivity index (χ0n) is 34.4. The number of esters is 2. The van der Waals surface area contributed by atoms with Crippen molar-refractivity contribution in [2.75, 3.05) is 47.5 Å². The van der Waals surface area contributed by atoms with Crippen LogP contribution in [-0.4, -0.2) is 97.3 Å². The summed E-state index contributed by atoms with van der Waals surface area (Å²) in [7, 11) is 1.35. The molecule has 11 nitrogen and oxygen atoms in total. The molecule has 0 radical (unpaired) electrons. The molecule has 0 aromatic heterocycles. The van der Waals surface area contributed by atoms with Gasteiger partial charge >= 0.3 is 19.8 Å². The van der Waals surface area contributed by atoms with E-state index in [1.54, 1.807) is 18.2 Å². The van der Waals surface area contributed by atoms with E-state index in [0.29, 0.717) is 36.7 Å². The molecule has 0 aliphatic heterocycles. The van der Waals surface area contributed by atoms with E-state index < -0.39 is 44.7 Å². The molecule has 0 spiro atoms. The van der Waals surface area contributed by atoms with E-state index in [9.17, 15) is 29.3 Å². The molecule has 0 amide bonds. The number of phosphoric ester groups is 1. The minimum absolute atomic E-state index is 0.00609. The van der Waals surface area contributed by atoms with Crippen LogP contribution >= 0.6 is 7.82 Å². The molecule has 3 N–H and O–H groups in total. The first-order chi connectivity index (χ1) is 25.8. The fraction of sp³-hybridized carbons (Fsp3) is 0.762. The minimum Gasteiger partial charge on any atom is -0.462 e. The van der Waals surface area contributed by atoms with Crippen LogP contribution in [0.25, 0.3) is 0 Å². The van der Waals surface area contributed by atoms with Gasteiger partial charge < -0.3 is 29.1 Å². The van der Waals surface area contributed by atoms with Gasteiger partial charge in [0.15, 0.2) is 6.10 Å². The third-order valence-corrected chi connectivity index (χ3v) is 9.55. The lowest BCUT2D eigenvalue weighted by Gasteiger charge is -2.24. The van der Waals surface area contributed by atoms with Crippen molar-refractivity contribution in [1.29, 1.82) is 0 Å². The molecule has 0 rings (SSSR count). The number of rotatable bonds is 36. The maximum Gasteiger partial charge on any atom is 0.472 e. The second-order valence-corrected chi connectivity index (χ2v) is 16.5. The van der Waals surface area contributed by atoms with Gasteiger partial charge in [0.05, 0.1) is 40.0 Å². The first kappa shape index (κ1) is 51.9. The highest BCUT2D eigenvalue weighted by Crippen LogP contribution is 2.43. The second-order valence-electron chi connectivity index (χ2n) is 15.1. The number of unbranched alkanes of at least 4 members (excludes halogenated alkanes) is 12. The quantitative estimate of drug-likeness (QED) is 0.0185. The average molecular weight is 787 g/mol. The van der Waals surface area contributed by atoms with E-state index in [2.05, 4.69) is 13.8 Å². The van der Waals surface area contributed by atoms with E-state index in [0.717, 1.165) is 44.9 Å². The van der Waals surface area contributed by atoms with Crippen LogP contribution in [0, 0.1) is 0 Å². The first-order valence-corrected chi connectivity index (χ1v) is 22.1. The summed E-state index contributed by atoms with van der Waals surface area (Å²) in [5.74, 6) is -1.03. The number of phosphoric acid groups is 1. The van der Waals surface area contributed by atoms with Crippen LogP contribution in [0.15, 0.2) is 48.6 Å². The van der Waals surface area contributed by atoms with Crippen molar-refractivity contribution in [3.63, 3.8) is 0 Å². The molecule has 314 valence electrons. The molecular weight excluding hydrogens is 709 g/mol. The Morgan fingerprint density at radius 3 is 1.70 bits per heavy atom. The van der Waals surface area contributed by atoms with Crippen molar-refractivity contribution in [1.82, 2.24) is 0 Å². The number of allylic oxidation sites excluding steroid dienone is 6. The summed E-state index contributed by atoms with van der Waals surface area (Å²) in [6, 6.07) is 0. The fourth-order valence-electron chi connectivity index (χ4n) is 5.23. The summed E-state index contributed by atoms with van der Waals surface area (Å²) in [4.78, 5) is 35.2. The van der Waals surface area contributed by atoms with Crippen LogP contribution < -0.4 is 0 Å². The summed E-state index contributed by atoms with van der Waals surface area (Å²) in [6.45, 7) is 4.03. The SMILES string of the molecule is CCCCCCCCCCCCCC(=O)O[C@H](COC(=O)CCC[C@@H](O)/C=C/C=C\C/C=C\C=C\[C@@H](O)CCCCC)COP(=O)(O)OCC[N+](C)(C)C. The maximum absolute atomic E-state index is 12.6.